The van der Waals surface area contributed by atoms with Gasteiger partial charge in [0.2, 0.25) is 0 Å². The van der Waals surface area contributed by atoms with Gasteiger partial charge >= 0.3 is 5.97 Å². The van der Waals surface area contributed by atoms with E-state index in [4.69, 9.17) is 0 Å². The van der Waals surface area contributed by atoms with E-state index < -0.39 is 5.97 Å². The topological polar surface area (TPSA) is 37.3 Å². The maximum atomic E-state index is 11.3. The van der Waals surface area contributed by atoms with Crippen molar-refractivity contribution in [2.45, 2.75) is 30.6 Å². The summed E-state index contributed by atoms with van der Waals surface area (Å²) in [6.07, 6.45) is 0. The first-order valence-corrected chi connectivity index (χ1v) is 6.88. The van der Waals surface area contributed by atoms with Crippen LogP contribution in [0.15, 0.2) is 46.2 Å². The van der Waals surface area contributed by atoms with E-state index in [2.05, 4.69) is 18.2 Å². The second-order valence-electron chi connectivity index (χ2n) is 4.68. The van der Waals surface area contributed by atoms with Gasteiger partial charge in [-0.15, -0.1) is 0 Å². The monoisotopic (exact) mass is 272 g/mol. The van der Waals surface area contributed by atoms with Gasteiger partial charge in [0.1, 0.15) is 0 Å². The van der Waals surface area contributed by atoms with Gasteiger partial charge in [0.05, 0.1) is 5.56 Å². The van der Waals surface area contributed by atoms with Gasteiger partial charge in [0.15, 0.2) is 0 Å². The first-order chi connectivity index (χ1) is 8.97. The van der Waals surface area contributed by atoms with Crippen LogP contribution in [0.1, 0.15) is 27.0 Å². The molecule has 2 aromatic carbocycles. The second-order valence-corrected chi connectivity index (χ2v) is 5.76. The molecule has 0 aliphatic carbocycles. The minimum atomic E-state index is -0.882. The highest BCUT2D eigenvalue weighted by Crippen LogP contribution is 2.33. The van der Waals surface area contributed by atoms with Crippen molar-refractivity contribution in [3.05, 3.63) is 58.7 Å². The van der Waals surface area contributed by atoms with Gasteiger partial charge in [-0.3, -0.25) is 0 Å². The highest BCUT2D eigenvalue weighted by Gasteiger charge is 2.12. The summed E-state index contributed by atoms with van der Waals surface area (Å²) in [4.78, 5) is 13.2. The zero-order chi connectivity index (χ0) is 14.0. The Morgan fingerprint density at radius 2 is 1.53 bits per heavy atom. The number of rotatable bonds is 3. The number of carbonyl (C=O) groups is 1. The summed E-state index contributed by atoms with van der Waals surface area (Å²) in [5.41, 5.74) is 3.76. The summed E-state index contributed by atoms with van der Waals surface area (Å²) in [5.74, 6) is -0.882. The van der Waals surface area contributed by atoms with Crippen LogP contribution in [0.3, 0.4) is 0 Å². The van der Waals surface area contributed by atoms with Crippen molar-refractivity contribution in [2.24, 2.45) is 0 Å². The fourth-order valence-electron chi connectivity index (χ4n) is 1.83. The molecule has 0 unspecified atom stereocenters. The van der Waals surface area contributed by atoms with Crippen LogP contribution in [-0.2, 0) is 0 Å². The molecule has 2 aromatic rings. The van der Waals surface area contributed by atoms with E-state index in [0.29, 0.717) is 5.56 Å². The Balaban J connectivity index is 2.45. The van der Waals surface area contributed by atoms with Crippen LogP contribution in [0.2, 0.25) is 0 Å². The molecule has 19 heavy (non-hydrogen) atoms. The molecule has 0 heterocycles. The van der Waals surface area contributed by atoms with E-state index in [1.54, 1.807) is 6.07 Å². The second kappa shape index (κ2) is 5.49. The van der Waals surface area contributed by atoms with Crippen molar-refractivity contribution in [1.29, 1.82) is 0 Å². The summed E-state index contributed by atoms with van der Waals surface area (Å²) in [6, 6.07) is 11.6. The summed E-state index contributed by atoms with van der Waals surface area (Å²) in [7, 11) is 0. The molecule has 0 aliphatic rings. The smallest absolute Gasteiger partial charge is 0.336 e. The number of hydrogen-bond acceptors (Lipinski definition) is 2. The molecule has 0 saturated heterocycles. The molecule has 98 valence electrons. The van der Waals surface area contributed by atoms with E-state index >= 15 is 0 Å². The molecule has 0 bridgehead atoms. The van der Waals surface area contributed by atoms with Gasteiger partial charge in [0, 0.05) is 9.79 Å². The molecule has 0 saturated carbocycles. The van der Waals surface area contributed by atoms with Crippen LogP contribution in [0.5, 0.6) is 0 Å². The van der Waals surface area contributed by atoms with Crippen LogP contribution < -0.4 is 0 Å². The fourth-order valence-corrected chi connectivity index (χ4v) is 3.05. The minimum Gasteiger partial charge on any atom is -0.478 e. The molecule has 0 radical (unpaired) electrons. The molecule has 2 rings (SSSR count). The zero-order valence-corrected chi connectivity index (χ0v) is 12.0. The molecular formula is C16H16O2S. The maximum absolute atomic E-state index is 11.3. The predicted octanol–water partition coefficient (Wildman–Crippen LogP) is 4.46. The summed E-state index contributed by atoms with van der Waals surface area (Å²) in [5, 5.41) is 9.25. The third-order valence-electron chi connectivity index (χ3n) is 2.93. The quantitative estimate of drug-likeness (QED) is 0.896. The summed E-state index contributed by atoms with van der Waals surface area (Å²) >= 11 is 1.52. The Morgan fingerprint density at radius 3 is 2.16 bits per heavy atom. The molecule has 1 N–H and O–H groups in total. The van der Waals surface area contributed by atoms with Crippen molar-refractivity contribution in [2.75, 3.05) is 0 Å². The lowest BCUT2D eigenvalue weighted by atomic mass is 10.1. The first kappa shape index (κ1) is 13.7. The van der Waals surface area contributed by atoms with Gasteiger partial charge in [0.25, 0.3) is 0 Å². The summed E-state index contributed by atoms with van der Waals surface area (Å²) in [6.45, 7) is 6.05. The molecule has 0 aliphatic heterocycles. The van der Waals surface area contributed by atoms with E-state index in [-0.39, 0.29) is 0 Å². The van der Waals surface area contributed by atoms with Crippen LogP contribution in [-0.4, -0.2) is 11.1 Å². The Hall–Kier alpha value is -1.74. The Kier molecular flexibility index (Phi) is 3.96. The van der Waals surface area contributed by atoms with Crippen LogP contribution in [0, 0.1) is 20.8 Å². The third-order valence-corrected chi connectivity index (χ3v) is 4.15. The average Bonchev–Trinajstić information content (AvgIpc) is 2.33. The highest BCUT2D eigenvalue weighted by atomic mass is 32.2. The van der Waals surface area contributed by atoms with Crippen LogP contribution in [0.25, 0.3) is 0 Å². The van der Waals surface area contributed by atoms with Gasteiger partial charge in [-0.25, -0.2) is 4.79 Å². The SMILES string of the molecule is Cc1ccc(C)c(Sc2cc(C)ccc2C(=O)O)c1. The number of hydrogen-bond donors (Lipinski definition) is 1. The lowest BCUT2D eigenvalue weighted by Gasteiger charge is -2.10. The first-order valence-electron chi connectivity index (χ1n) is 6.06. The zero-order valence-electron chi connectivity index (χ0n) is 11.2. The predicted molar refractivity (Wildman–Crippen MR) is 78.2 cm³/mol. The fraction of sp³-hybridized carbons (Fsp3) is 0.188. The van der Waals surface area contributed by atoms with Crippen LogP contribution in [0.4, 0.5) is 0 Å². The Labute approximate surface area is 117 Å². The molecule has 2 nitrogen and oxygen atoms in total. The normalized spacial score (nSPS) is 10.5. The van der Waals surface area contributed by atoms with Crippen molar-refractivity contribution in [1.82, 2.24) is 0 Å². The lowest BCUT2D eigenvalue weighted by Crippen LogP contribution is -1.99. The van der Waals surface area contributed by atoms with Crippen molar-refractivity contribution >= 4 is 17.7 Å². The average molecular weight is 272 g/mol. The number of aryl methyl sites for hydroxylation is 3. The van der Waals surface area contributed by atoms with Crippen molar-refractivity contribution < 1.29 is 9.90 Å². The Bertz CT molecular complexity index is 633. The maximum Gasteiger partial charge on any atom is 0.336 e. The van der Waals surface area contributed by atoms with Gasteiger partial charge in [-0.05, 0) is 55.7 Å². The van der Waals surface area contributed by atoms with E-state index in [9.17, 15) is 9.90 Å². The molecule has 0 aromatic heterocycles. The van der Waals surface area contributed by atoms with E-state index in [1.807, 2.05) is 32.9 Å². The van der Waals surface area contributed by atoms with Crippen molar-refractivity contribution in [3.8, 4) is 0 Å². The largest absolute Gasteiger partial charge is 0.478 e. The van der Waals surface area contributed by atoms with Gasteiger partial charge in [-0.2, -0.15) is 0 Å². The summed E-state index contributed by atoms with van der Waals surface area (Å²) < 4.78 is 0. The molecule has 0 spiro atoms. The third kappa shape index (κ3) is 3.18. The molecule has 0 fully saturated rings. The van der Waals surface area contributed by atoms with Gasteiger partial charge in [-0.1, -0.05) is 30.0 Å². The Morgan fingerprint density at radius 1 is 0.947 bits per heavy atom. The number of carboxylic acid groups (broad SMARTS) is 1. The minimum absolute atomic E-state index is 0.358. The van der Waals surface area contributed by atoms with Crippen molar-refractivity contribution in [3.63, 3.8) is 0 Å². The number of carboxylic acids is 1. The lowest BCUT2D eigenvalue weighted by molar-refractivity contribution is 0.0693. The van der Waals surface area contributed by atoms with Crippen LogP contribution >= 0.6 is 11.8 Å². The standard InChI is InChI=1S/C16H16O2S/c1-10-4-6-12(3)14(8-10)19-15-9-11(2)5-7-13(15)16(17)18/h4-9H,1-3H3,(H,17,18). The molecular weight excluding hydrogens is 256 g/mol. The number of aromatic carboxylic acids is 1. The van der Waals surface area contributed by atoms with E-state index in [1.165, 1.54) is 17.3 Å². The molecule has 0 atom stereocenters. The number of benzene rings is 2. The molecule has 3 heteroatoms. The van der Waals surface area contributed by atoms with Gasteiger partial charge < -0.3 is 5.11 Å². The highest BCUT2D eigenvalue weighted by molar-refractivity contribution is 7.99. The van der Waals surface area contributed by atoms with E-state index in [0.717, 1.165) is 20.9 Å². The molecule has 0 amide bonds.